The minimum absolute atomic E-state index is 0.106. The first-order valence-corrected chi connectivity index (χ1v) is 9.29. The summed E-state index contributed by atoms with van der Waals surface area (Å²) in [6.45, 7) is 5.72. The van der Waals surface area contributed by atoms with Crippen molar-refractivity contribution in [1.82, 2.24) is 0 Å². The van der Waals surface area contributed by atoms with Gasteiger partial charge in [-0.05, 0) is 43.3 Å². The van der Waals surface area contributed by atoms with Crippen LogP contribution >= 0.6 is 0 Å². The van der Waals surface area contributed by atoms with Crippen LogP contribution < -0.4 is 9.62 Å². The highest BCUT2D eigenvalue weighted by Gasteiger charge is 2.23. The number of sulfonamides is 1. The Morgan fingerprint density at radius 2 is 1.62 bits per heavy atom. The molecule has 2 aromatic carbocycles. The minimum Gasteiger partial charge on any atom is -0.326 e. The Labute approximate surface area is 143 Å². The van der Waals surface area contributed by atoms with E-state index in [1.165, 1.54) is 16.4 Å². The van der Waals surface area contributed by atoms with Gasteiger partial charge in [0.2, 0.25) is 5.91 Å². The largest absolute Gasteiger partial charge is 0.326 e. The van der Waals surface area contributed by atoms with E-state index in [0.29, 0.717) is 17.9 Å². The molecule has 24 heavy (non-hydrogen) atoms. The summed E-state index contributed by atoms with van der Waals surface area (Å²) in [5, 5.41) is 2.75. The summed E-state index contributed by atoms with van der Waals surface area (Å²) in [6, 6.07) is 15.2. The first-order chi connectivity index (χ1) is 11.4. The van der Waals surface area contributed by atoms with Gasteiger partial charge in [-0.1, -0.05) is 32.0 Å². The number of amides is 1. The predicted molar refractivity (Wildman–Crippen MR) is 96.6 cm³/mol. The second kappa shape index (κ2) is 7.49. The molecule has 2 aromatic rings. The van der Waals surface area contributed by atoms with Crippen LogP contribution in [-0.2, 0) is 14.8 Å². The molecule has 0 heterocycles. The Hall–Kier alpha value is -2.34. The molecule has 0 fully saturated rings. The fourth-order valence-corrected chi connectivity index (χ4v) is 3.68. The van der Waals surface area contributed by atoms with E-state index in [9.17, 15) is 13.2 Å². The minimum atomic E-state index is -3.65. The Kier molecular flexibility index (Phi) is 5.62. The van der Waals surface area contributed by atoms with Gasteiger partial charge in [0.25, 0.3) is 10.0 Å². The lowest BCUT2D eigenvalue weighted by molar-refractivity contribution is -0.118. The molecule has 0 bridgehead atoms. The number of benzene rings is 2. The van der Waals surface area contributed by atoms with Crippen molar-refractivity contribution < 1.29 is 13.2 Å². The fraction of sp³-hybridized carbons (Fsp3) is 0.278. The lowest BCUT2D eigenvalue weighted by Crippen LogP contribution is -2.30. The van der Waals surface area contributed by atoms with E-state index in [-0.39, 0.29) is 16.7 Å². The zero-order chi connectivity index (χ0) is 17.7. The van der Waals surface area contributed by atoms with Crippen molar-refractivity contribution in [2.75, 3.05) is 16.2 Å². The zero-order valence-electron chi connectivity index (χ0n) is 14.1. The van der Waals surface area contributed by atoms with Gasteiger partial charge in [0.15, 0.2) is 0 Å². The number of nitrogens with one attached hydrogen (secondary N) is 1. The summed E-state index contributed by atoms with van der Waals surface area (Å²) in [5.41, 5.74) is 1.20. The first kappa shape index (κ1) is 18.0. The number of rotatable bonds is 6. The van der Waals surface area contributed by atoms with Crippen molar-refractivity contribution in [3.05, 3.63) is 54.6 Å². The third-order valence-electron chi connectivity index (χ3n) is 3.57. The summed E-state index contributed by atoms with van der Waals surface area (Å²) in [4.78, 5) is 11.9. The molecule has 2 rings (SSSR count). The summed E-state index contributed by atoms with van der Waals surface area (Å²) in [7, 11) is -3.65. The molecule has 128 valence electrons. The Morgan fingerprint density at radius 3 is 2.12 bits per heavy atom. The topological polar surface area (TPSA) is 66.5 Å². The number of anilines is 2. The normalized spacial score (nSPS) is 11.3. The van der Waals surface area contributed by atoms with Gasteiger partial charge in [-0.3, -0.25) is 9.10 Å². The van der Waals surface area contributed by atoms with Crippen LogP contribution in [0.2, 0.25) is 0 Å². The van der Waals surface area contributed by atoms with Gasteiger partial charge in [0.1, 0.15) is 0 Å². The summed E-state index contributed by atoms with van der Waals surface area (Å²) in [6.07, 6.45) is 0. The smallest absolute Gasteiger partial charge is 0.264 e. The molecule has 0 aliphatic rings. The van der Waals surface area contributed by atoms with E-state index in [1.807, 2.05) is 6.07 Å². The van der Waals surface area contributed by atoms with Crippen molar-refractivity contribution in [3.8, 4) is 0 Å². The van der Waals surface area contributed by atoms with Gasteiger partial charge < -0.3 is 5.32 Å². The van der Waals surface area contributed by atoms with Crippen molar-refractivity contribution in [1.29, 1.82) is 0 Å². The summed E-state index contributed by atoms with van der Waals surface area (Å²) < 4.78 is 27.0. The van der Waals surface area contributed by atoms with E-state index in [1.54, 1.807) is 57.2 Å². The van der Waals surface area contributed by atoms with E-state index < -0.39 is 10.0 Å². The van der Waals surface area contributed by atoms with Crippen molar-refractivity contribution >= 4 is 27.3 Å². The van der Waals surface area contributed by atoms with Crippen LogP contribution in [0.4, 0.5) is 11.4 Å². The maximum atomic E-state index is 12.8. The van der Waals surface area contributed by atoms with Gasteiger partial charge in [-0.2, -0.15) is 0 Å². The molecule has 0 aromatic heterocycles. The maximum Gasteiger partial charge on any atom is 0.264 e. The van der Waals surface area contributed by atoms with E-state index >= 15 is 0 Å². The third kappa shape index (κ3) is 3.94. The second-order valence-corrected chi connectivity index (χ2v) is 7.54. The van der Waals surface area contributed by atoms with Crippen molar-refractivity contribution in [3.63, 3.8) is 0 Å². The lowest BCUT2D eigenvalue weighted by Gasteiger charge is -2.23. The highest BCUT2D eigenvalue weighted by molar-refractivity contribution is 7.92. The Balaban J connectivity index is 2.27. The molecule has 0 radical (unpaired) electrons. The van der Waals surface area contributed by atoms with Crippen LogP contribution in [0.1, 0.15) is 20.8 Å². The predicted octanol–water partition coefficient (Wildman–Crippen LogP) is 3.50. The molecule has 0 atom stereocenters. The number of nitrogens with zero attached hydrogens (tertiary/aromatic N) is 1. The highest BCUT2D eigenvalue weighted by Crippen LogP contribution is 2.24. The highest BCUT2D eigenvalue weighted by atomic mass is 32.2. The third-order valence-corrected chi connectivity index (χ3v) is 5.48. The molecule has 6 heteroatoms. The molecule has 1 amide bonds. The molecular formula is C18H22N2O3S. The number of para-hydroxylation sites is 1. The van der Waals surface area contributed by atoms with Gasteiger partial charge in [0, 0.05) is 18.2 Å². The average molecular weight is 346 g/mol. The fourth-order valence-electron chi connectivity index (χ4n) is 2.21. The monoisotopic (exact) mass is 346 g/mol. The standard InChI is InChI=1S/C18H22N2O3S/c1-4-20(16-8-6-5-7-9-16)24(22,23)17-12-10-15(11-13-17)19-18(21)14(2)3/h5-14H,4H2,1-3H3,(H,19,21). The molecule has 0 aliphatic carbocycles. The summed E-state index contributed by atoms with van der Waals surface area (Å²) >= 11 is 0. The van der Waals surface area contributed by atoms with Gasteiger partial charge in [-0.15, -0.1) is 0 Å². The van der Waals surface area contributed by atoms with Crippen LogP contribution in [-0.4, -0.2) is 20.9 Å². The molecule has 1 N–H and O–H groups in total. The maximum absolute atomic E-state index is 12.8. The Morgan fingerprint density at radius 1 is 1.04 bits per heavy atom. The van der Waals surface area contributed by atoms with Crippen molar-refractivity contribution in [2.45, 2.75) is 25.7 Å². The van der Waals surface area contributed by atoms with Crippen LogP contribution in [0.25, 0.3) is 0 Å². The number of carbonyl (C=O) groups is 1. The van der Waals surface area contributed by atoms with Gasteiger partial charge in [-0.25, -0.2) is 8.42 Å². The van der Waals surface area contributed by atoms with E-state index in [0.717, 1.165) is 0 Å². The Bertz CT molecular complexity index is 785. The number of carbonyl (C=O) groups excluding carboxylic acids is 1. The average Bonchev–Trinajstić information content (AvgIpc) is 2.56. The molecule has 0 aliphatic heterocycles. The summed E-state index contributed by atoms with van der Waals surface area (Å²) in [5.74, 6) is -0.243. The molecule has 0 spiro atoms. The SMILES string of the molecule is CCN(c1ccccc1)S(=O)(=O)c1ccc(NC(=O)C(C)C)cc1. The van der Waals surface area contributed by atoms with E-state index in [4.69, 9.17) is 0 Å². The van der Waals surface area contributed by atoms with Gasteiger partial charge in [0.05, 0.1) is 10.6 Å². The number of hydrogen-bond donors (Lipinski definition) is 1. The zero-order valence-corrected chi connectivity index (χ0v) is 14.9. The van der Waals surface area contributed by atoms with Crippen LogP contribution in [0.15, 0.2) is 59.5 Å². The van der Waals surface area contributed by atoms with Crippen LogP contribution in [0, 0.1) is 5.92 Å². The second-order valence-electron chi connectivity index (χ2n) is 5.67. The molecule has 0 saturated heterocycles. The molecular weight excluding hydrogens is 324 g/mol. The molecule has 5 nitrogen and oxygen atoms in total. The lowest BCUT2D eigenvalue weighted by atomic mass is 10.2. The quantitative estimate of drug-likeness (QED) is 0.870. The van der Waals surface area contributed by atoms with Crippen molar-refractivity contribution in [2.24, 2.45) is 5.92 Å². The van der Waals surface area contributed by atoms with Gasteiger partial charge >= 0.3 is 0 Å². The molecule has 0 unspecified atom stereocenters. The van der Waals surface area contributed by atoms with Crippen LogP contribution in [0.5, 0.6) is 0 Å². The number of hydrogen-bond acceptors (Lipinski definition) is 3. The van der Waals surface area contributed by atoms with E-state index in [2.05, 4.69) is 5.32 Å². The first-order valence-electron chi connectivity index (χ1n) is 7.85. The van der Waals surface area contributed by atoms with Crippen LogP contribution in [0.3, 0.4) is 0 Å². The molecule has 0 saturated carbocycles.